The minimum absolute atomic E-state index is 0.336. The van der Waals surface area contributed by atoms with Crippen LogP contribution in [-0.2, 0) is 16.9 Å². The molecular formula is C23H26O2S. The number of rotatable bonds is 7. The van der Waals surface area contributed by atoms with E-state index in [0.717, 1.165) is 11.3 Å². The van der Waals surface area contributed by atoms with Crippen molar-refractivity contribution >= 4 is 22.5 Å². The van der Waals surface area contributed by atoms with Crippen molar-refractivity contribution in [2.24, 2.45) is 0 Å². The van der Waals surface area contributed by atoms with Crippen LogP contribution in [-0.4, -0.2) is 18.6 Å². The summed E-state index contributed by atoms with van der Waals surface area (Å²) in [4.78, 5) is 0. The Morgan fingerprint density at radius 1 is 0.962 bits per heavy atom. The highest BCUT2D eigenvalue weighted by atomic mass is 32.2. The summed E-state index contributed by atoms with van der Waals surface area (Å²) in [5, 5.41) is 2.83. The van der Waals surface area contributed by atoms with Gasteiger partial charge in [-0.05, 0) is 53.3 Å². The average molecular weight is 367 g/mol. The molecule has 3 aromatic rings. The predicted octanol–water partition coefficient (Wildman–Crippen LogP) is 6.03. The van der Waals surface area contributed by atoms with E-state index in [1.165, 1.54) is 16.3 Å². The van der Waals surface area contributed by atoms with Gasteiger partial charge >= 0.3 is 0 Å². The SMILES string of the molecule is COC(C)(c1cccc(OCc2ccc3ccccc3c2)c1)C(C)SC. The number of hydrogen-bond donors (Lipinski definition) is 0. The van der Waals surface area contributed by atoms with E-state index in [1.54, 1.807) is 18.9 Å². The van der Waals surface area contributed by atoms with Crippen molar-refractivity contribution in [1.82, 2.24) is 0 Å². The summed E-state index contributed by atoms with van der Waals surface area (Å²) < 4.78 is 11.9. The molecule has 0 aliphatic carbocycles. The van der Waals surface area contributed by atoms with Crippen LogP contribution in [0.5, 0.6) is 5.75 Å². The lowest BCUT2D eigenvalue weighted by molar-refractivity contribution is 0.00364. The van der Waals surface area contributed by atoms with Crippen molar-refractivity contribution in [1.29, 1.82) is 0 Å². The molecule has 2 unspecified atom stereocenters. The van der Waals surface area contributed by atoms with Gasteiger partial charge in [0.1, 0.15) is 18.0 Å². The monoisotopic (exact) mass is 366 g/mol. The third kappa shape index (κ3) is 3.89. The normalized spacial score (nSPS) is 14.8. The van der Waals surface area contributed by atoms with Gasteiger partial charge in [0.15, 0.2) is 0 Å². The molecule has 0 N–H and O–H groups in total. The Bertz CT molecular complexity index is 877. The zero-order valence-electron chi connectivity index (χ0n) is 15.9. The number of hydrogen-bond acceptors (Lipinski definition) is 3. The average Bonchev–Trinajstić information content (AvgIpc) is 2.71. The lowest BCUT2D eigenvalue weighted by Gasteiger charge is -2.34. The first kappa shape index (κ1) is 18.8. The van der Waals surface area contributed by atoms with E-state index >= 15 is 0 Å². The number of methoxy groups -OCH3 is 1. The van der Waals surface area contributed by atoms with E-state index in [9.17, 15) is 0 Å². The molecule has 3 rings (SSSR count). The number of ether oxygens (including phenoxy) is 2. The minimum atomic E-state index is -0.346. The van der Waals surface area contributed by atoms with Gasteiger partial charge in [-0.1, -0.05) is 55.5 Å². The van der Waals surface area contributed by atoms with Crippen LogP contribution in [0.1, 0.15) is 25.0 Å². The molecule has 0 fully saturated rings. The molecule has 0 spiro atoms. The lowest BCUT2D eigenvalue weighted by Crippen LogP contribution is -2.34. The van der Waals surface area contributed by atoms with Gasteiger partial charge in [0.05, 0.1) is 0 Å². The molecule has 0 saturated carbocycles. The van der Waals surface area contributed by atoms with Crippen molar-refractivity contribution < 1.29 is 9.47 Å². The van der Waals surface area contributed by atoms with Crippen molar-refractivity contribution in [2.45, 2.75) is 31.3 Å². The number of fused-ring (bicyclic) bond motifs is 1. The molecular weight excluding hydrogens is 340 g/mol. The van der Waals surface area contributed by atoms with Crippen molar-refractivity contribution in [3.05, 3.63) is 77.9 Å². The van der Waals surface area contributed by atoms with Crippen LogP contribution < -0.4 is 4.74 Å². The first-order valence-electron chi connectivity index (χ1n) is 8.86. The van der Waals surface area contributed by atoms with Gasteiger partial charge in [-0.3, -0.25) is 0 Å². The van der Waals surface area contributed by atoms with Gasteiger partial charge in [0, 0.05) is 12.4 Å². The van der Waals surface area contributed by atoms with Crippen LogP contribution in [0.4, 0.5) is 0 Å². The van der Waals surface area contributed by atoms with Crippen LogP contribution in [0.3, 0.4) is 0 Å². The molecule has 26 heavy (non-hydrogen) atoms. The maximum Gasteiger partial charge on any atom is 0.120 e. The van der Waals surface area contributed by atoms with Gasteiger partial charge < -0.3 is 9.47 Å². The number of benzene rings is 3. The van der Waals surface area contributed by atoms with Crippen molar-refractivity contribution in [3.63, 3.8) is 0 Å². The van der Waals surface area contributed by atoms with Crippen molar-refractivity contribution in [2.75, 3.05) is 13.4 Å². The van der Waals surface area contributed by atoms with E-state index in [4.69, 9.17) is 9.47 Å². The molecule has 0 saturated heterocycles. The molecule has 0 aliphatic rings. The highest BCUT2D eigenvalue weighted by Gasteiger charge is 2.32. The summed E-state index contributed by atoms with van der Waals surface area (Å²) in [5.41, 5.74) is 1.96. The second kappa shape index (κ2) is 8.15. The Labute approximate surface area is 160 Å². The van der Waals surface area contributed by atoms with Gasteiger partial charge in [-0.25, -0.2) is 0 Å². The summed E-state index contributed by atoms with van der Waals surface area (Å²) in [6, 6.07) is 23.1. The zero-order valence-corrected chi connectivity index (χ0v) is 16.7. The molecule has 0 radical (unpaired) electrons. The number of thioether (sulfide) groups is 1. The largest absolute Gasteiger partial charge is 0.489 e. The first-order valence-corrected chi connectivity index (χ1v) is 10.1. The van der Waals surface area contributed by atoms with Gasteiger partial charge in [0.25, 0.3) is 0 Å². The van der Waals surface area contributed by atoms with E-state index < -0.39 is 0 Å². The van der Waals surface area contributed by atoms with Crippen molar-refractivity contribution in [3.8, 4) is 5.75 Å². The molecule has 136 valence electrons. The highest BCUT2D eigenvalue weighted by Crippen LogP contribution is 2.36. The summed E-state index contributed by atoms with van der Waals surface area (Å²) in [6.45, 7) is 4.88. The van der Waals surface area contributed by atoms with Gasteiger partial charge in [-0.15, -0.1) is 0 Å². The summed E-state index contributed by atoms with van der Waals surface area (Å²) >= 11 is 1.80. The third-order valence-corrected chi connectivity index (χ3v) is 6.34. The first-order chi connectivity index (χ1) is 12.6. The Hall–Kier alpha value is -1.97. The quantitative estimate of drug-likeness (QED) is 0.508. The predicted molar refractivity (Wildman–Crippen MR) is 112 cm³/mol. The van der Waals surface area contributed by atoms with Crippen LogP contribution in [0.25, 0.3) is 10.8 Å². The van der Waals surface area contributed by atoms with Crippen LogP contribution in [0, 0.1) is 0 Å². The Balaban J connectivity index is 1.77. The van der Waals surface area contributed by atoms with Crippen LogP contribution in [0.2, 0.25) is 0 Å². The van der Waals surface area contributed by atoms with Crippen LogP contribution >= 0.6 is 11.8 Å². The molecule has 0 aliphatic heterocycles. The van der Waals surface area contributed by atoms with E-state index in [2.05, 4.69) is 74.7 Å². The summed E-state index contributed by atoms with van der Waals surface area (Å²) in [5.74, 6) is 0.868. The lowest BCUT2D eigenvalue weighted by atomic mass is 9.92. The maximum atomic E-state index is 6.07. The molecule has 0 amide bonds. The smallest absolute Gasteiger partial charge is 0.120 e. The fraction of sp³-hybridized carbons (Fsp3) is 0.304. The van der Waals surface area contributed by atoms with E-state index in [-0.39, 0.29) is 5.60 Å². The summed E-state index contributed by atoms with van der Waals surface area (Å²) in [7, 11) is 1.77. The van der Waals surface area contributed by atoms with E-state index in [1.807, 2.05) is 12.1 Å². The van der Waals surface area contributed by atoms with Gasteiger partial charge in [-0.2, -0.15) is 11.8 Å². The summed E-state index contributed by atoms with van der Waals surface area (Å²) in [6.07, 6.45) is 2.11. The molecule has 0 aromatic heterocycles. The molecule has 2 atom stereocenters. The van der Waals surface area contributed by atoms with Gasteiger partial charge in [0.2, 0.25) is 0 Å². The molecule has 0 bridgehead atoms. The fourth-order valence-corrected chi connectivity index (χ4v) is 3.82. The molecule has 3 heteroatoms. The maximum absolute atomic E-state index is 6.07. The minimum Gasteiger partial charge on any atom is -0.489 e. The van der Waals surface area contributed by atoms with Crippen LogP contribution in [0.15, 0.2) is 66.7 Å². The fourth-order valence-electron chi connectivity index (χ4n) is 3.13. The molecule has 2 nitrogen and oxygen atoms in total. The Morgan fingerprint density at radius 3 is 2.46 bits per heavy atom. The second-order valence-corrected chi connectivity index (χ2v) is 7.87. The second-order valence-electron chi connectivity index (χ2n) is 6.69. The standard InChI is InChI=1S/C23H26O2S/c1-17(26-4)23(2,24-3)21-10-7-11-22(15-21)25-16-18-12-13-19-8-5-6-9-20(19)14-18/h5-15,17H,16H2,1-4H3. The Morgan fingerprint density at radius 2 is 1.73 bits per heavy atom. The van der Waals surface area contributed by atoms with E-state index in [0.29, 0.717) is 11.9 Å². The highest BCUT2D eigenvalue weighted by molar-refractivity contribution is 7.99. The Kier molecular flexibility index (Phi) is 5.90. The third-order valence-electron chi connectivity index (χ3n) is 5.18. The molecule has 0 heterocycles. The zero-order chi connectivity index (χ0) is 18.6. The topological polar surface area (TPSA) is 18.5 Å². The molecule has 3 aromatic carbocycles.